The summed E-state index contributed by atoms with van der Waals surface area (Å²) in [5, 5.41) is 0. The standard InChI is InChI=1S/C11H14IN/c12-10-6-4-9(5-7-10)11(13)8-2-1-3-8/h4-8,11H,1-3,13H2/t11-/m0/s1. The van der Waals surface area contributed by atoms with Gasteiger partial charge >= 0.3 is 0 Å². The Bertz CT molecular complexity index is 277. The van der Waals surface area contributed by atoms with Crippen molar-refractivity contribution in [2.24, 2.45) is 11.7 Å². The highest BCUT2D eigenvalue weighted by atomic mass is 127. The van der Waals surface area contributed by atoms with E-state index < -0.39 is 0 Å². The molecule has 70 valence electrons. The van der Waals surface area contributed by atoms with E-state index in [9.17, 15) is 0 Å². The third-order valence-corrected chi connectivity index (χ3v) is 3.63. The molecular weight excluding hydrogens is 273 g/mol. The van der Waals surface area contributed by atoms with Crippen LogP contribution in [-0.4, -0.2) is 0 Å². The van der Waals surface area contributed by atoms with Crippen molar-refractivity contribution in [3.8, 4) is 0 Å². The van der Waals surface area contributed by atoms with Crippen LogP contribution in [0.1, 0.15) is 30.9 Å². The molecule has 13 heavy (non-hydrogen) atoms. The zero-order chi connectivity index (χ0) is 9.26. The number of halogens is 1. The summed E-state index contributed by atoms with van der Waals surface area (Å²) in [5.74, 6) is 0.736. The molecule has 1 aliphatic carbocycles. The molecule has 1 nitrogen and oxygen atoms in total. The molecule has 1 saturated carbocycles. The normalized spacial score (nSPS) is 19.5. The summed E-state index contributed by atoms with van der Waals surface area (Å²) in [7, 11) is 0. The minimum absolute atomic E-state index is 0.269. The van der Waals surface area contributed by atoms with Crippen LogP contribution >= 0.6 is 22.6 Å². The molecule has 1 fully saturated rings. The fourth-order valence-corrected chi connectivity index (χ4v) is 2.12. The molecule has 0 heterocycles. The minimum Gasteiger partial charge on any atom is -0.324 e. The zero-order valence-corrected chi connectivity index (χ0v) is 9.70. The first-order valence-corrected chi connectivity index (χ1v) is 5.86. The maximum Gasteiger partial charge on any atom is 0.0323 e. The lowest BCUT2D eigenvalue weighted by molar-refractivity contribution is 0.264. The highest BCUT2D eigenvalue weighted by Gasteiger charge is 2.25. The summed E-state index contributed by atoms with van der Waals surface area (Å²) in [6.45, 7) is 0. The van der Waals surface area contributed by atoms with E-state index in [-0.39, 0.29) is 6.04 Å². The van der Waals surface area contributed by atoms with Crippen LogP contribution in [-0.2, 0) is 0 Å². The van der Waals surface area contributed by atoms with Crippen molar-refractivity contribution in [2.75, 3.05) is 0 Å². The number of hydrogen-bond acceptors (Lipinski definition) is 1. The molecule has 0 unspecified atom stereocenters. The SMILES string of the molecule is N[C@H](c1ccc(I)cc1)C1CCC1. The summed E-state index contributed by atoms with van der Waals surface area (Å²) in [6.07, 6.45) is 3.99. The third kappa shape index (κ3) is 2.05. The molecular formula is C11H14IN. The largest absolute Gasteiger partial charge is 0.324 e. The lowest BCUT2D eigenvalue weighted by atomic mass is 9.78. The predicted molar refractivity (Wildman–Crippen MR) is 63.4 cm³/mol. The van der Waals surface area contributed by atoms with Crippen molar-refractivity contribution in [3.05, 3.63) is 33.4 Å². The fraction of sp³-hybridized carbons (Fsp3) is 0.455. The summed E-state index contributed by atoms with van der Waals surface area (Å²) in [4.78, 5) is 0. The predicted octanol–water partition coefficient (Wildman–Crippen LogP) is 3.09. The Morgan fingerprint density at radius 1 is 1.23 bits per heavy atom. The van der Waals surface area contributed by atoms with E-state index in [0.29, 0.717) is 0 Å². The highest BCUT2D eigenvalue weighted by Crippen LogP contribution is 2.36. The Morgan fingerprint density at radius 3 is 2.31 bits per heavy atom. The fourth-order valence-electron chi connectivity index (χ4n) is 1.76. The molecule has 0 bridgehead atoms. The summed E-state index contributed by atoms with van der Waals surface area (Å²) in [5.41, 5.74) is 7.44. The zero-order valence-electron chi connectivity index (χ0n) is 7.54. The molecule has 1 aromatic carbocycles. The molecule has 0 aromatic heterocycles. The first-order chi connectivity index (χ1) is 6.27. The molecule has 0 saturated heterocycles. The summed E-state index contributed by atoms with van der Waals surface area (Å²) in [6, 6.07) is 8.85. The molecule has 0 aliphatic heterocycles. The molecule has 1 aliphatic rings. The molecule has 1 atom stereocenters. The smallest absolute Gasteiger partial charge is 0.0323 e. The first-order valence-electron chi connectivity index (χ1n) is 4.78. The summed E-state index contributed by atoms with van der Waals surface area (Å²) < 4.78 is 1.28. The van der Waals surface area contributed by atoms with Crippen molar-refractivity contribution in [1.29, 1.82) is 0 Å². The third-order valence-electron chi connectivity index (χ3n) is 2.91. The van der Waals surface area contributed by atoms with Crippen molar-refractivity contribution in [1.82, 2.24) is 0 Å². The maximum absolute atomic E-state index is 6.15. The van der Waals surface area contributed by atoms with Gasteiger partial charge in [0, 0.05) is 9.61 Å². The van der Waals surface area contributed by atoms with Crippen LogP contribution in [0.3, 0.4) is 0 Å². The quantitative estimate of drug-likeness (QED) is 0.831. The van der Waals surface area contributed by atoms with Gasteiger partial charge in [0.05, 0.1) is 0 Å². The molecule has 0 radical (unpaired) electrons. The van der Waals surface area contributed by atoms with Crippen molar-refractivity contribution in [2.45, 2.75) is 25.3 Å². The van der Waals surface area contributed by atoms with Gasteiger partial charge < -0.3 is 5.73 Å². The topological polar surface area (TPSA) is 26.0 Å². The Labute approximate surface area is 92.9 Å². The molecule has 2 rings (SSSR count). The summed E-state index contributed by atoms with van der Waals surface area (Å²) >= 11 is 2.32. The van der Waals surface area contributed by atoms with E-state index in [0.717, 1.165) is 5.92 Å². The number of hydrogen-bond donors (Lipinski definition) is 1. The van der Waals surface area contributed by atoms with Gasteiger partial charge in [-0.25, -0.2) is 0 Å². The van der Waals surface area contributed by atoms with Crippen molar-refractivity contribution in [3.63, 3.8) is 0 Å². The Hall–Kier alpha value is -0.0900. The molecule has 2 heteroatoms. The molecule has 0 spiro atoms. The second-order valence-corrected chi connectivity index (χ2v) is 5.01. The van der Waals surface area contributed by atoms with E-state index in [1.807, 2.05) is 0 Å². The average Bonchev–Trinajstić information content (AvgIpc) is 2.02. The van der Waals surface area contributed by atoms with Crippen LogP contribution in [0.4, 0.5) is 0 Å². The van der Waals surface area contributed by atoms with Crippen LogP contribution in [0.25, 0.3) is 0 Å². The van der Waals surface area contributed by atoms with Gasteiger partial charge in [-0.05, 0) is 59.0 Å². The van der Waals surface area contributed by atoms with Crippen molar-refractivity contribution < 1.29 is 0 Å². The van der Waals surface area contributed by atoms with E-state index >= 15 is 0 Å². The number of benzene rings is 1. The molecule has 1 aromatic rings. The number of nitrogens with two attached hydrogens (primary N) is 1. The Kier molecular flexibility index (Phi) is 2.89. The van der Waals surface area contributed by atoms with Crippen molar-refractivity contribution >= 4 is 22.6 Å². The van der Waals surface area contributed by atoms with Gasteiger partial charge in [-0.1, -0.05) is 18.6 Å². The second-order valence-electron chi connectivity index (χ2n) is 3.77. The maximum atomic E-state index is 6.15. The van der Waals surface area contributed by atoms with Crippen LogP contribution in [0.15, 0.2) is 24.3 Å². The first kappa shape index (κ1) is 9.46. The lowest BCUT2D eigenvalue weighted by Crippen LogP contribution is -2.26. The monoisotopic (exact) mass is 287 g/mol. The van der Waals surface area contributed by atoms with E-state index in [1.54, 1.807) is 0 Å². The molecule has 0 amide bonds. The van der Waals surface area contributed by atoms with E-state index in [4.69, 9.17) is 5.73 Å². The van der Waals surface area contributed by atoms with Gasteiger partial charge in [-0.2, -0.15) is 0 Å². The van der Waals surface area contributed by atoms with Gasteiger partial charge in [0.1, 0.15) is 0 Å². The highest BCUT2D eigenvalue weighted by molar-refractivity contribution is 14.1. The van der Waals surface area contributed by atoms with Gasteiger partial charge in [0.15, 0.2) is 0 Å². The van der Waals surface area contributed by atoms with Gasteiger partial charge in [-0.15, -0.1) is 0 Å². The average molecular weight is 287 g/mol. The van der Waals surface area contributed by atoms with Gasteiger partial charge in [-0.3, -0.25) is 0 Å². The second kappa shape index (κ2) is 3.96. The minimum atomic E-state index is 0.269. The van der Waals surface area contributed by atoms with Crippen LogP contribution < -0.4 is 5.73 Å². The van der Waals surface area contributed by atoms with Crippen LogP contribution in [0.5, 0.6) is 0 Å². The number of rotatable bonds is 2. The van der Waals surface area contributed by atoms with E-state index in [2.05, 4.69) is 46.9 Å². The van der Waals surface area contributed by atoms with Crippen LogP contribution in [0.2, 0.25) is 0 Å². The Morgan fingerprint density at radius 2 is 1.85 bits per heavy atom. The van der Waals surface area contributed by atoms with Gasteiger partial charge in [0.2, 0.25) is 0 Å². The lowest BCUT2D eigenvalue weighted by Gasteiger charge is -2.31. The Balaban J connectivity index is 2.10. The molecule has 2 N–H and O–H groups in total. The van der Waals surface area contributed by atoms with Gasteiger partial charge in [0.25, 0.3) is 0 Å². The van der Waals surface area contributed by atoms with E-state index in [1.165, 1.54) is 28.4 Å². The van der Waals surface area contributed by atoms with Crippen LogP contribution in [0, 0.1) is 9.49 Å².